The molecule has 6 heteroatoms. The van der Waals surface area contributed by atoms with Crippen LogP contribution < -0.4 is 20.9 Å². The molecule has 1 aromatic carbocycles. The lowest BCUT2D eigenvalue weighted by Crippen LogP contribution is -2.20. The van der Waals surface area contributed by atoms with Crippen molar-refractivity contribution in [1.82, 2.24) is 9.97 Å². The number of aromatic nitrogens is 2. The second kappa shape index (κ2) is 6.16. The Morgan fingerprint density at radius 1 is 0.815 bits per heavy atom. The van der Waals surface area contributed by atoms with Gasteiger partial charge in [-0.1, -0.05) is 6.07 Å². The molecule has 1 fully saturated rings. The van der Waals surface area contributed by atoms with E-state index >= 15 is 0 Å². The topological polar surface area (TPSA) is 96.3 Å². The van der Waals surface area contributed by atoms with Crippen LogP contribution in [0.25, 0.3) is 0 Å². The molecule has 0 spiro atoms. The fraction of sp³-hybridized carbons (Fsp3) is 0.238. The Morgan fingerprint density at radius 2 is 1.48 bits per heavy atom. The summed E-state index contributed by atoms with van der Waals surface area (Å²) in [6, 6.07) is 13.6. The van der Waals surface area contributed by atoms with Gasteiger partial charge in [0.05, 0.1) is 0 Å². The molecule has 3 atom stereocenters. The van der Waals surface area contributed by atoms with Crippen molar-refractivity contribution >= 4 is 11.6 Å². The Bertz CT molecular complexity index is 1010. The maximum Gasteiger partial charge on any atom is 0.169 e. The van der Waals surface area contributed by atoms with Crippen molar-refractivity contribution in [3.05, 3.63) is 66.0 Å². The summed E-state index contributed by atoms with van der Waals surface area (Å²) in [6.45, 7) is 0. The van der Waals surface area contributed by atoms with Gasteiger partial charge in [-0.2, -0.15) is 0 Å². The number of anilines is 2. The van der Waals surface area contributed by atoms with Crippen LogP contribution in [0.2, 0.25) is 0 Å². The Kier molecular flexibility index (Phi) is 3.63. The summed E-state index contributed by atoms with van der Waals surface area (Å²) in [6.07, 6.45) is 5.63. The predicted octanol–water partition coefficient (Wildman–Crippen LogP) is 3.86. The zero-order valence-corrected chi connectivity index (χ0v) is 14.7. The van der Waals surface area contributed by atoms with Crippen molar-refractivity contribution in [2.75, 3.05) is 11.5 Å². The van der Waals surface area contributed by atoms with Gasteiger partial charge in [-0.15, -0.1) is 0 Å². The van der Waals surface area contributed by atoms with Crippen LogP contribution in [0.3, 0.4) is 0 Å². The third-order valence-corrected chi connectivity index (χ3v) is 5.53. The lowest BCUT2D eigenvalue weighted by atomic mass is 9.92. The highest BCUT2D eigenvalue weighted by atomic mass is 16.5. The van der Waals surface area contributed by atoms with Gasteiger partial charge < -0.3 is 20.9 Å². The van der Waals surface area contributed by atoms with Crippen molar-refractivity contribution in [3.63, 3.8) is 0 Å². The molecule has 1 saturated carbocycles. The highest BCUT2D eigenvalue weighted by Gasteiger charge is 2.47. The molecule has 3 aromatic rings. The third-order valence-electron chi connectivity index (χ3n) is 5.53. The zero-order chi connectivity index (χ0) is 18.4. The van der Waals surface area contributed by atoms with E-state index in [0.717, 1.165) is 18.6 Å². The van der Waals surface area contributed by atoms with Gasteiger partial charge in [0.2, 0.25) is 0 Å². The molecule has 0 saturated heterocycles. The summed E-state index contributed by atoms with van der Waals surface area (Å²) in [5, 5.41) is 0. The summed E-state index contributed by atoms with van der Waals surface area (Å²) in [4.78, 5) is 8.19. The number of nitrogens with two attached hydrogens (primary N) is 2. The van der Waals surface area contributed by atoms with Crippen molar-refractivity contribution in [2.45, 2.75) is 30.8 Å². The molecule has 4 N–H and O–H groups in total. The molecule has 0 aliphatic heterocycles. The van der Waals surface area contributed by atoms with Gasteiger partial charge >= 0.3 is 0 Å². The van der Waals surface area contributed by atoms with Gasteiger partial charge in [0, 0.05) is 24.2 Å². The smallest absolute Gasteiger partial charge is 0.169 e. The summed E-state index contributed by atoms with van der Waals surface area (Å²) < 4.78 is 12.3. The molecule has 27 heavy (non-hydrogen) atoms. The minimum absolute atomic E-state index is 0.0882. The fourth-order valence-electron chi connectivity index (χ4n) is 4.34. The first-order chi connectivity index (χ1) is 13.2. The molecule has 0 amide bonds. The normalized spacial score (nSPS) is 22.4. The number of hydrogen-bond acceptors (Lipinski definition) is 6. The minimum atomic E-state index is 0.0882. The maximum absolute atomic E-state index is 6.29. The monoisotopic (exact) mass is 360 g/mol. The van der Waals surface area contributed by atoms with Gasteiger partial charge in [-0.3, -0.25) is 0 Å². The molecule has 3 unspecified atom stereocenters. The summed E-state index contributed by atoms with van der Waals surface area (Å²) in [5.41, 5.74) is 14.5. The first kappa shape index (κ1) is 15.9. The molecule has 2 aromatic heterocycles. The second-order valence-corrected chi connectivity index (χ2v) is 7.04. The van der Waals surface area contributed by atoms with Crippen LogP contribution in [0.15, 0.2) is 54.9 Å². The molecule has 2 heterocycles. The first-order valence-electron chi connectivity index (χ1n) is 9.10. The largest absolute Gasteiger partial charge is 0.485 e. The second-order valence-electron chi connectivity index (χ2n) is 7.04. The molecule has 2 aliphatic rings. The molecule has 2 bridgehead atoms. The Morgan fingerprint density at radius 3 is 2.19 bits per heavy atom. The van der Waals surface area contributed by atoms with E-state index in [-0.39, 0.29) is 6.10 Å². The van der Waals surface area contributed by atoms with Crippen LogP contribution in [-0.2, 0) is 0 Å². The average molecular weight is 360 g/mol. The van der Waals surface area contributed by atoms with Gasteiger partial charge in [-0.05, 0) is 60.4 Å². The number of benzene rings is 1. The number of nitrogen functional groups attached to an aromatic ring is 2. The number of hydrogen-bond donors (Lipinski definition) is 2. The van der Waals surface area contributed by atoms with Crippen molar-refractivity contribution in [1.29, 1.82) is 0 Å². The lowest BCUT2D eigenvalue weighted by Gasteiger charge is -2.19. The van der Waals surface area contributed by atoms with Crippen molar-refractivity contribution in [3.8, 4) is 17.2 Å². The summed E-state index contributed by atoms with van der Waals surface area (Å²) in [5.74, 6) is 3.52. The molecule has 5 rings (SSSR count). The molecular formula is C21H20N4O2. The molecule has 0 radical (unpaired) electrons. The summed E-state index contributed by atoms with van der Waals surface area (Å²) >= 11 is 0. The highest BCUT2D eigenvalue weighted by molar-refractivity contribution is 5.52. The quantitative estimate of drug-likeness (QED) is 0.733. The highest BCUT2D eigenvalue weighted by Crippen LogP contribution is 2.55. The molecule has 6 nitrogen and oxygen atoms in total. The Balaban J connectivity index is 1.42. The van der Waals surface area contributed by atoms with Crippen LogP contribution >= 0.6 is 0 Å². The Hall–Kier alpha value is -3.28. The van der Waals surface area contributed by atoms with E-state index in [1.807, 2.05) is 30.3 Å². The summed E-state index contributed by atoms with van der Waals surface area (Å²) in [7, 11) is 0. The van der Waals surface area contributed by atoms with E-state index in [9.17, 15) is 0 Å². The molecule has 2 aliphatic carbocycles. The first-order valence-corrected chi connectivity index (χ1v) is 9.10. The number of fused-ring (bicyclic) bond motifs is 5. The van der Waals surface area contributed by atoms with Crippen LogP contribution in [0, 0.1) is 0 Å². The van der Waals surface area contributed by atoms with E-state index < -0.39 is 0 Å². The van der Waals surface area contributed by atoms with Crippen LogP contribution in [-0.4, -0.2) is 16.1 Å². The average Bonchev–Trinajstić information content (AvgIpc) is 3.21. The van der Waals surface area contributed by atoms with E-state index in [0.29, 0.717) is 35.0 Å². The van der Waals surface area contributed by atoms with Crippen molar-refractivity contribution in [2.24, 2.45) is 0 Å². The number of rotatable bonds is 4. The number of nitrogens with zero attached hydrogens (tertiary/aromatic N) is 2. The third kappa shape index (κ3) is 2.65. The molecular weight excluding hydrogens is 340 g/mol. The van der Waals surface area contributed by atoms with Crippen LogP contribution in [0.1, 0.15) is 35.8 Å². The van der Waals surface area contributed by atoms with E-state index in [2.05, 4.69) is 22.1 Å². The standard InChI is InChI=1S/C21H20N4O2/c22-20-17(3-1-9-24-20)26-12-5-6-13-14-7-8-15(16(13)11-12)19(14)27-18-4-2-10-25-21(18)23/h1-6,9-11,14-15,19H,7-8H2,(H2,22,24)(H2,23,25). The van der Waals surface area contributed by atoms with E-state index in [4.69, 9.17) is 20.9 Å². The van der Waals surface area contributed by atoms with E-state index in [1.165, 1.54) is 11.1 Å². The number of pyridine rings is 2. The molecule has 136 valence electrons. The van der Waals surface area contributed by atoms with Gasteiger partial charge in [0.25, 0.3) is 0 Å². The van der Waals surface area contributed by atoms with Crippen molar-refractivity contribution < 1.29 is 9.47 Å². The lowest BCUT2D eigenvalue weighted by molar-refractivity contribution is 0.187. The van der Waals surface area contributed by atoms with Crippen LogP contribution in [0.4, 0.5) is 11.6 Å². The van der Waals surface area contributed by atoms with Gasteiger partial charge in [0.1, 0.15) is 11.9 Å². The maximum atomic E-state index is 6.29. The van der Waals surface area contributed by atoms with Crippen LogP contribution in [0.5, 0.6) is 17.2 Å². The van der Waals surface area contributed by atoms with Gasteiger partial charge in [-0.25, -0.2) is 9.97 Å². The fourth-order valence-corrected chi connectivity index (χ4v) is 4.34. The minimum Gasteiger partial charge on any atom is -0.485 e. The van der Waals surface area contributed by atoms with Gasteiger partial charge in [0.15, 0.2) is 23.1 Å². The zero-order valence-electron chi connectivity index (χ0n) is 14.7. The predicted molar refractivity (Wildman–Crippen MR) is 103 cm³/mol. The van der Waals surface area contributed by atoms with E-state index in [1.54, 1.807) is 12.4 Å². The number of ether oxygens (including phenoxy) is 2. The SMILES string of the molecule is Nc1ncccc1Oc1ccc2c(c1)C1CCC2C1Oc1cccnc1N. The Labute approximate surface area is 157 Å².